The van der Waals surface area contributed by atoms with Crippen LogP contribution in [-0.2, 0) is 0 Å². The Balaban J connectivity index is 2.22. The Morgan fingerprint density at radius 2 is 2.06 bits per heavy atom. The Morgan fingerprint density at radius 1 is 1.38 bits per heavy atom. The van der Waals surface area contributed by atoms with Crippen LogP contribution in [0.5, 0.6) is 0 Å². The van der Waals surface area contributed by atoms with E-state index in [2.05, 4.69) is 52.4 Å². The van der Waals surface area contributed by atoms with Crippen molar-refractivity contribution in [3.05, 3.63) is 5.82 Å². The van der Waals surface area contributed by atoms with Crippen LogP contribution >= 0.6 is 0 Å². The highest BCUT2D eigenvalue weighted by Crippen LogP contribution is 2.26. The first-order valence-corrected chi connectivity index (χ1v) is 5.86. The SMILES string of the molecule is CB1C(C)B(C)N(c2n[nH]c(C)n2)CN1C. The van der Waals surface area contributed by atoms with Crippen molar-refractivity contribution >= 4 is 19.6 Å². The standard InChI is InChI=1S/C9H19B2N5/c1-7-10(3)15(5)6-16(11(7)4)9-12-8(2)13-14-9/h7H,6H2,1-5H3,(H,12,13,14). The molecule has 5 nitrogen and oxygen atoms in total. The lowest BCUT2D eigenvalue weighted by Gasteiger charge is -2.43. The summed E-state index contributed by atoms with van der Waals surface area (Å²) in [5.41, 5.74) is 0.609. The highest BCUT2D eigenvalue weighted by Gasteiger charge is 2.39. The van der Waals surface area contributed by atoms with Crippen molar-refractivity contribution in [3.8, 4) is 0 Å². The Labute approximate surface area is 97.8 Å². The zero-order valence-corrected chi connectivity index (χ0v) is 10.7. The molecule has 0 saturated carbocycles. The molecule has 1 fully saturated rings. The maximum atomic E-state index is 4.41. The smallest absolute Gasteiger partial charge is 0.253 e. The van der Waals surface area contributed by atoms with E-state index >= 15 is 0 Å². The largest absolute Gasteiger partial charge is 0.373 e. The molecule has 0 bridgehead atoms. The van der Waals surface area contributed by atoms with E-state index in [9.17, 15) is 0 Å². The molecule has 0 amide bonds. The Bertz CT molecular complexity index is 369. The van der Waals surface area contributed by atoms with Gasteiger partial charge >= 0.3 is 0 Å². The lowest BCUT2D eigenvalue weighted by molar-refractivity contribution is 0.515. The Morgan fingerprint density at radius 3 is 2.62 bits per heavy atom. The van der Waals surface area contributed by atoms with Gasteiger partial charge in [0, 0.05) is 0 Å². The van der Waals surface area contributed by atoms with Gasteiger partial charge in [0.05, 0.1) is 6.67 Å². The summed E-state index contributed by atoms with van der Waals surface area (Å²) in [5.74, 6) is 1.69. The summed E-state index contributed by atoms with van der Waals surface area (Å²) in [6, 6.07) is 0. The molecule has 0 spiro atoms. The van der Waals surface area contributed by atoms with Crippen LogP contribution in [0, 0.1) is 6.92 Å². The second kappa shape index (κ2) is 4.13. The first-order valence-electron chi connectivity index (χ1n) is 5.86. The quantitative estimate of drug-likeness (QED) is 0.715. The van der Waals surface area contributed by atoms with Gasteiger partial charge in [-0.2, -0.15) is 4.98 Å². The molecule has 1 N–H and O–H groups in total. The zero-order chi connectivity index (χ0) is 11.9. The second-order valence-electron chi connectivity index (χ2n) is 4.93. The van der Waals surface area contributed by atoms with E-state index in [1.54, 1.807) is 0 Å². The molecule has 1 saturated heterocycles. The van der Waals surface area contributed by atoms with Gasteiger partial charge in [-0.15, -0.1) is 5.10 Å². The number of anilines is 1. The molecule has 86 valence electrons. The van der Waals surface area contributed by atoms with Crippen molar-refractivity contribution in [2.75, 3.05) is 18.5 Å². The summed E-state index contributed by atoms with van der Waals surface area (Å²) < 4.78 is 0. The minimum absolute atomic E-state index is 0.474. The third kappa shape index (κ3) is 1.84. The fraction of sp³-hybridized carbons (Fsp3) is 0.778. The molecule has 7 heteroatoms. The number of H-pyrrole nitrogens is 1. The molecule has 0 aliphatic carbocycles. The highest BCUT2D eigenvalue weighted by atomic mass is 15.4. The lowest BCUT2D eigenvalue weighted by Crippen LogP contribution is -2.60. The van der Waals surface area contributed by atoms with Crippen LogP contribution in [0.1, 0.15) is 12.7 Å². The molecule has 16 heavy (non-hydrogen) atoms. The van der Waals surface area contributed by atoms with Crippen molar-refractivity contribution in [2.45, 2.75) is 33.2 Å². The van der Waals surface area contributed by atoms with Gasteiger partial charge in [-0.05, 0) is 14.0 Å². The predicted molar refractivity (Wildman–Crippen MR) is 68.9 cm³/mol. The summed E-state index contributed by atoms with van der Waals surface area (Å²) >= 11 is 0. The number of nitrogens with one attached hydrogen (secondary N) is 1. The molecule has 1 aliphatic rings. The summed E-state index contributed by atoms with van der Waals surface area (Å²) in [4.78, 5) is 9.01. The van der Waals surface area contributed by atoms with E-state index in [-0.39, 0.29) is 0 Å². The summed E-state index contributed by atoms with van der Waals surface area (Å²) in [6.45, 7) is 10.7. The van der Waals surface area contributed by atoms with Gasteiger partial charge in [0.2, 0.25) is 12.8 Å². The number of hydrogen-bond acceptors (Lipinski definition) is 4. The average Bonchev–Trinajstić information content (AvgIpc) is 2.67. The predicted octanol–water partition coefficient (Wildman–Crippen LogP) is 0.994. The topological polar surface area (TPSA) is 48.1 Å². The van der Waals surface area contributed by atoms with E-state index in [0.717, 1.165) is 18.4 Å². The van der Waals surface area contributed by atoms with E-state index in [1.165, 1.54) is 0 Å². The van der Waals surface area contributed by atoms with Crippen molar-refractivity contribution in [3.63, 3.8) is 0 Å². The first kappa shape index (κ1) is 11.5. The molecular weight excluding hydrogens is 200 g/mol. The maximum absolute atomic E-state index is 4.41. The Kier molecular flexibility index (Phi) is 2.97. The fourth-order valence-electron chi connectivity index (χ4n) is 2.29. The number of aryl methyl sites for hydroxylation is 1. The maximum Gasteiger partial charge on any atom is 0.253 e. The molecule has 0 radical (unpaired) electrons. The molecule has 1 aliphatic heterocycles. The molecule has 2 rings (SSSR count). The van der Waals surface area contributed by atoms with Crippen LogP contribution in [0.4, 0.5) is 5.95 Å². The van der Waals surface area contributed by atoms with Crippen LogP contribution < -0.4 is 4.81 Å². The Hall–Kier alpha value is -0.970. The summed E-state index contributed by atoms with van der Waals surface area (Å²) in [6.07, 6.45) is 0. The molecule has 1 aromatic rings. The van der Waals surface area contributed by atoms with Gasteiger partial charge in [-0.1, -0.05) is 26.3 Å². The normalized spacial score (nSPS) is 23.1. The zero-order valence-electron chi connectivity index (χ0n) is 10.7. The van der Waals surface area contributed by atoms with E-state index in [4.69, 9.17) is 0 Å². The van der Waals surface area contributed by atoms with Gasteiger partial charge in [0.1, 0.15) is 5.82 Å². The van der Waals surface area contributed by atoms with Gasteiger partial charge in [-0.25, -0.2) is 0 Å². The second-order valence-corrected chi connectivity index (χ2v) is 4.93. The molecule has 0 aromatic carbocycles. The van der Waals surface area contributed by atoms with Gasteiger partial charge in [0.15, 0.2) is 0 Å². The third-order valence-electron chi connectivity index (χ3n) is 3.93. The number of aromatic nitrogens is 3. The van der Waals surface area contributed by atoms with Gasteiger partial charge < -0.3 is 9.62 Å². The number of aromatic amines is 1. The van der Waals surface area contributed by atoms with Crippen LogP contribution in [-0.4, -0.2) is 47.4 Å². The van der Waals surface area contributed by atoms with Crippen molar-refractivity contribution in [2.24, 2.45) is 0 Å². The summed E-state index contributed by atoms with van der Waals surface area (Å²) in [7, 11) is 2.15. The van der Waals surface area contributed by atoms with Crippen LogP contribution in [0.25, 0.3) is 0 Å². The average molecular weight is 219 g/mol. The van der Waals surface area contributed by atoms with Crippen molar-refractivity contribution in [1.82, 2.24) is 20.0 Å². The van der Waals surface area contributed by atoms with Crippen molar-refractivity contribution in [1.29, 1.82) is 0 Å². The molecule has 1 atom stereocenters. The van der Waals surface area contributed by atoms with E-state index in [0.29, 0.717) is 19.4 Å². The van der Waals surface area contributed by atoms with E-state index in [1.807, 2.05) is 6.92 Å². The monoisotopic (exact) mass is 219 g/mol. The minimum Gasteiger partial charge on any atom is -0.373 e. The fourth-order valence-corrected chi connectivity index (χ4v) is 2.29. The molecular formula is C9H19B2N5. The number of rotatable bonds is 1. The molecule has 1 aromatic heterocycles. The highest BCUT2D eigenvalue weighted by molar-refractivity contribution is 6.80. The number of nitrogens with zero attached hydrogens (tertiary/aromatic N) is 4. The van der Waals surface area contributed by atoms with Crippen LogP contribution in [0.15, 0.2) is 0 Å². The van der Waals surface area contributed by atoms with Gasteiger partial charge in [0.25, 0.3) is 6.85 Å². The first-order chi connectivity index (χ1) is 7.50. The third-order valence-corrected chi connectivity index (χ3v) is 3.93. The molecule has 2 heterocycles. The van der Waals surface area contributed by atoms with Gasteiger partial charge in [-0.3, -0.25) is 5.10 Å². The molecule has 1 unspecified atom stereocenters. The van der Waals surface area contributed by atoms with E-state index < -0.39 is 0 Å². The van der Waals surface area contributed by atoms with Crippen LogP contribution in [0.2, 0.25) is 19.4 Å². The lowest BCUT2D eigenvalue weighted by atomic mass is 9.31. The van der Waals surface area contributed by atoms with Crippen LogP contribution in [0.3, 0.4) is 0 Å². The number of hydrogen-bond donors (Lipinski definition) is 1. The minimum atomic E-state index is 0.474. The summed E-state index contributed by atoms with van der Waals surface area (Å²) in [5, 5.41) is 7.15. The van der Waals surface area contributed by atoms with Crippen molar-refractivity contribution < 1.29 is 0 Å².